The Bertz CT molecular complexity index is 1690. The van der Waals surface area contributed by atoms with Gasteiger partial charge in [0.05, 0.1) is 12.3 Å². The monoisotopic (exact) mass is 606 g/mol. The highest BCUT2D eigenvalue weighted by molar-refractivity contribution is 7.16. The number of carbonyl (C=O) groups excluding carboxylic acids is 1. The number of hydroxylamine groups is 1. The van der Waals surface area contributed by atoms with Gasteiger partial charge < -0.3 is 14.8 Å². The number of aryl methyl sites for hydroxylation is 1. The normalized spacial score (nSPS) is 17.2. The van der Waals surface area contributed by atoms with Gasteiger partial charge in [-0.2, -0.15) is 5.06 Å². The maximum absolute atomic E-state index is 13.2. The minimum absolute atomic E-state index is 0.336. The molecule has 44 heavy (non-hydrogen) atoms. The van der Waals surface area contributed by atoms with Gasteiger partial charge in [-0.05, 0) is 107 Å². The van der Waals surface area contributed by atoms with Crippen molar-refractivity contribution in [3.63, 3.8) is 0 Å². The van der Waals surface area contributed by atoms with Crippen molar-refractivity contribution in [3.8, 4) is 21.6 Å². The van der Waals surface area contributed by atoms with Gasteiger partial charge in [0.2, 0.25) is 0 Å². The molecule has 1 aromatic heterocycles. The number of benzene rings is 3. The Morgan fingerprint density at radius 1 is 0.932 bits per heavy atom. The Morgan fingerprint density at radius 2 is 1.82 bits per heavy atom. The second-order valence-corrected chi connectivity index (χ2v) is 12.7. The van der Waals surface area contributed by atoms with Gasteiger partial charge in [-0.15, -0.1) is 11.3 Å². The van der Waals surface area contributed by atoms with E-state index in [1.165, 1.54) is 48.9 Å². The molecule has 2 amide bonds. The van der Waals surface area contributed by atoms with E-state index in [2.05, 4.69) is 66.0 Å². The highest BCUT2D eigenvalue weighted by atomic mass is 32.1. The van der Waals surface area contributed by atoms with Gasteiger partial charge in [-0.1, -0.05) is 54.6 Å². The van der Waals surface area contributed by atoms with Crippen molar-refractivity contribution in [1.82, 2.24) is 5.32 Å². The first-order chi connectivity index (χ1) is 21.7. The lowest BCUT2D eigenvalue weighted by atomic mass is 9.78. The maximum atomic E-state index is 13.2. The first-order valence-corrected chi connectivity index (χ1v) is 16.5. The number of carbonyl (C=O) groups is 1. The molecular formula is C37H38N2O4S. The van der Waals surface area contributed by atoms with Gasteiger partial charge in [-0.3, -0.25) is 0 Å². The highest BCUT2D eigenvalue weighted by Gasteiger charge is 2.25. The summed E-state index contributed by atoms with van der Waals surface area (Å²) in [7, 11) is 1.61. The molecule has 2 heterocycles. The molecule has 7 heteroatoms. The average molecular weight is 607 g/mol. The maximum Gasteiger partial charge on any atom is 0.346 e. The number of ether oxygens (including phenoxy) is 2. The van der Waals surface area contributed by atoms with E-state index in [0.29, 0.717) is 25.4 Å². The van der Waals surface area contributed by atoms with Crippen molar-refractivity contribution in [1.29, 1.82) is 0 Å². The van der Waals surface area contributed by atoms with Crippen LogP contribution in [0.5, 0.6) is 0 Å². The zero-order chi connectivity index (χ0) is 29.9. The van der Waals surface area contributed by atoms with Gasteiger partial charge in [0, 0.05) is 36.4 Å². The number of nitrogens with one attached hydrogen (secondary N) is 1. The van der Waals surface area contributed by atoms with Crippen molar-refractivity contribution < 1.29 is 19.1 Å². The molecule has 1 aliphatic heterocycles. The molecule has 1 fully saturated rings. The van der Waals surface area contributed by atoms with Gasteiger partial charge in [0.25, 0.3) is 0 Å². The third-order valence-electron chi connectivity index (χ3n) is 8.81. The Hall–Kier alpha value is -3.75. The van der Waals surface area contributed by atoms with E-state index < -0.39 is 6.29 Å². The molecule has 4 aromatic rings. The number of methoxy groups -OCH3 is 1. The van der Waals surface area contributed by atoms with Crippen molar-refractivity contribution in [2.75, 3.05) is 31.9 Å². The van der Waals surface area contributed by atoms with Gasteiger partial charge in [0.15, 0.2) is 6.29 Å². The number of allylic oxidation sites excluding steroid dienone is 1. The van der Waals surface area contributed by atoms with Crippen molar-refractivity contribution in [2.24, 2.45) is 0 Å². The standard InChI is InChI=1S/C37H38N2O4S/c1-41-22-20-38-37(40)39(43-36-11-4-5-21-42-36)29-9-6-8-27(24-29)34-18-19-35(44-34)28-14-15-31-26(23-28)13-17-32-30-10-3-2-7-25(30)12-16-33(31)32/h2-3,6-10,13,17-19,23-24,36H,4-5,11-12,14-16,20-22H2,1H3,(H,38,40). The molecule has 226 valence electrons. The summed E-state index contributed by atoms with van der Waals surface area (Å²) in [6, 6.07) is 25.6. The first-order valence-electron chi connectivity index (χ1n) is 15.7. The quantitative estimate of drug-likeness (QED) is 0.162. The van der Waals surface area contributed by atoms with Crippen LogP contribution in [0.15, 0.2) is 72.8 Å². The molecule has 0 radical (unpaired) electrons. The predicted molar refractivity (Wildman–Crippen MR) is 178 cm³/mol. The number of thiophene rings is 1. The fourth-order valence-corrected chi connectivity index (χ4v) is 7.62. The van der Waals surface area contributed by atoms with E-state index in [9.17, 15) is 4.79 Å². The van der Waals surface area contributed by atoms with Crippen LogP contribution in [-0.4, -0.2) is 39.2 Å². The third-order valence-corrected chi connectivity index (χ3v) is 10.0. The molecule has 0 bridgehead atoms. The zero-order valence-electron chi connectivity index (χ0n) is 25.1. The van der Waals surface area contributed by atoms with Crippen molar-refractivity contribution in [3.05, 3.63) is 99.9 Å². The van der Waals surface area contributed by atoms with Crippen LogP contribution in [0.4, 0.5) is 10.5 Å². The summed E-state index contributed by atoms with van der Waals surface area (Å²) in [4.78, 5) is 21.7. The van der Waals surface area contributed by atoms with Crippen LogP contribution in [0, 0.1) is 0 Å². The van der Waals surface area contributed by atoms with Gasteiger partial charge >= 0.3 is 6.03 Å². The predicted octanol–water partition coefficient (Wildman–Crippen LogP) is 8.29. The lowest BCUT2D eigenvalue weighted by molar-refractivity contribution is -0.163. The molecular weight excluding hydrogens is 568 g/mol. The van der Waals surface area contributed by atoms with E-state index in [4.69, 9.17) is 14.3 Å². The molecule has 0 saturated carbocycles. The minimum Gasteiger partial charge on any atom is -0.383 e. The van der Waals surface area contributed by atoms with Gasteiger partial charge in [-0.25, -0.2) is 9.63 Å². The number of nitrogens with zero attached hydrogens (tertiary/aromatic N) is 1. The van der Waals surface area contributed by atoms with E-state index in [0.717, 1.165) is 55.4 Å². The van der Waals surface area contributed by atoms with Crippen LogP contribution in [0.2, 0.25) is 0 Å². The molecule has 7 rings (SSSR count). The molecule has 1 unspecified atom stereocenters. The summed E-state index contributed by atoms with van der Waals surface area (Å²) in [5.41, 5.74) is 11.8. The lowest BCUT2D eigenvalue weighted by Crippen LogP contribution is -2.44. The Morgan fingerprint density at radius 3 is 2.70 bits per heavy atom. The number of fused-ring (bicyclic) bond motifs is 5. The Labute approximate surface area is 263 Å². The number of rotatable bonds is 8. The zero-order valence-corrected chi connectivity index (χ0v) is 26.0. The fourth-order valence-electron chi connectivity index (χ4n) is 6.57. The van der Waals surface area contributed by atoms with Crippen molar-refractivity contribution in [2.45, 2.75) is 51.2 Å². The molecule has 2 aliphatic carbocycles. The number of urea groups is 1. The van der Waals surface area contributed by atoms with Crippen LogP contribution in [-0.2, 0) is 33.6 Å². The molecule has 3 aromatic carbocycles. The fraction of sp³-hybridized carbons (Fsp3) is 0.324. The first kappa shape index (κ1) is 29.0. The van der Waals surface area contributed by atoms with E-state index in [1.807, 2.05) is 18.2 Å². The number of anilines is 1. The molecule has 1 atom stereocenters. The van der Waals surface area contributed by atoms with Crippen molar-refractivity contribution >= 4 is 34.7 Å². The lowest BCUT2D eigenvalue weighted by Gasteiger charge is -2.29. The van der Waals surface area contributed by atoms with Crippen LogP contribution >= 0.6 is 11.3 Å². The SMILES string of the molecule is COCCNC(=O)N(OC1CCCCO1)c1cccc(-c2ccc(C3=Cc4ccc5c(c4CC3)CCc3ccccc3-5)s2)c1. The molecule has 6 nitrogen and oxygen atoms in total. The molecule has 3 aliphatic rings. The molecule has 1 saturated heterocycles. The summed E-state index contributed by atoms with van der Waals surface area (Å²) >= 11 is 1.80. The van der Waals surface area contributed by atoms with E-state index in [-0.39, 0.29) is 6.03 Å². The highest BCUT2D eigenvalue weighted by Crippen LogP contribution is 2.42. The van der Waals surface area contributed by atoms with E-state index >= 15 is 0 Å². The van der Waals surface area contributed by atoms with Crippen LogP contribution < -0.4 is 10.4 Å². The number of hydrogen-bond acceptors (Lipinski definition) is 5. The third kappa shape index (κ3) is 5.97. The summed E-state index contributed by atoms with van der Waals surface area (Å²) in [5.74, 6) is 0. The minimum atomic E-state index is -0.449. The second kappa shape index (κ2) is 13.1. The molecule has 0 spiro atoms. The summed E-state index contributed by atoms with van der Waals surface area (Å²) in [6.07, 6.45) is 9.08. The van der Waals surface area contributed by atoms with Crippen LogP contribution in [0.1, 0.15) is 52.8 Å². The number of hydrogen-bond donors (Lipinski definition) is 1. The topological polar surface area (TPSA) is 60.0 Å². The Balaban J connectivity index is 1.13. The van der Waals surface area contributed by atoms with Crippen LogP contribution in [0.25, 0.3) is 33.2 Å². The van der Waals surface area contributed by atoms with Gasteiger partial charge in [0.1, 0.15) is 0 Å². The summed E-state index contributed by atoms with van der Waals surface area (Å²) < 4.78 is 10.9. The Kier molecular flexibility index (Phi) is 8.62. The largest absolute Gasteiger partial charge is 0.383 e. The molecule has 1 N–H and O–H groups in total. The number of amides is 2. The summed E-state index contributed by atoms with van der Waals surface area (Å²) in [6.45, 7) is 1.45. The van der Waals surface area contributed by atoms with E-state index in [1.54, 1.807) is 18.4 Å². The van der Waals surface area contributed by atoms with Crippen LogP contribution in [0.3, 0.4) is 0 Å². The smallest absolute Gasteiger partial charge is 0.346 e. The second-order valence-electron chi connectivity index (χ2n) is 11.6. The summed E-state index contributed by atoms with van der Waals surface area (Å²) in [5, 5.41) is 4.22. The average Bonchev–Trinajstić information content (AvgIpc) is 3.58.